The van der Waals surface area contributed by atoms with Gasteiger partial charge in [0.05, 0.1) is 6.42 Å². The van der Waals surface area contributed by atoms with Crippen molar-refractivity contribution in [3.8, 4) is 0 Å². The van der Waals surface area contributed by atoms with Crippen molar-refractivity contribution in [3.05, 3.63) is 29.3 Å². The van der Waals surface area contributed by atoms with Crippen molar-refractivity contribution in [2.45, 2.75) is 32.7 Å². The van der Waals surface area contributed by atoms with Crippen molar-refractivity contribution in [2.24, 2.45) is 0 Å². The smallest absolute Gasteiger partial charge is 0.304 e. The van der Waals surface area contributed by atoms with Crippen LogP contribution in [0.25, 0.3) is 0 Å². The quantitative estimate of drug-likeness (QED) is 0.851. The molecule has 1 saturated heterocycles. The van der Waals surface area contributed by atoms with Crippen molar-refractivity contribution in [2.75, 3.05) is 24.5 Å². The summed E-state index contributed by atoms with van der Waals surface area (Å²) in [5.74, 6) is -0.739. The molecule has 19 heavy (non-hydrogen) atoms. The van der Waals surface area contributed by atoms with Crippen molar-refractivity contribution < 1.29 is 9.90 Å². The lowest BCUT2D eigenvalue weighted by Gasteiger charge is -2.21. The molecule has 2 rings (SSSR count). The van der Waals surface area contributed by atoms with E-state index in [9.17, 15) is 4.79 Å². The summed E-state index contributed by atoms with van der Waals surface area (Å²) >= 11 is 0. The SMILES string of the molecule is Cc1ccc(N2CCC(NCCC(=O)O)C2)c(C)c1. The maximum atomic E-state index is 10.5. The number of nitrogens with zero attached hydrogens (tertiary/aromatic N) is 1. The third-order valence-corrected chi connectivity index (χ3v) is 3.65. The Bertz CT molecular complexity index is 459. The zero-order valence-electron chi connectivity index (χ0n) is 11.6. The number of anilines is 1. The van der Waals surface area contributed by atoms with Gasteiger partial charge in [0.15, 0.2) is 0 Å². The number of carboxylic acid groups (broad SMARTS) is 1. The number of rotatable bonds is 5. The maximum Gasteiger partial charge on any atom is 0.304 e. The fraction of sp³-hybridized carbons (Fsp3) is 0.533. The Hall–Kier alpha value is -1.55. The van der Waals surface area contributed by atoms with Crippen molar-refractivity contribution >= 4 is 11.7 Å². The fourth-order valence-corrected chi connectivity index (χ4v) is 2.69. The van der Waals surface area contributed by atoms with E-state index in [-0.39, 0.29) is 6.42 Å². The average molecular weight is 262 g/mol. The zero-order chi connectivity index (χ0) is 13.8. The van der Waals surface area contributed by atoms with Gasteiger partial charge in [-0.1, -0.05) is 17.7 Å². The lowest BCUT2D eigenvalue weighted by atomic mass is 10.1. The lowest BCUT2D eigenvalue weighted by Crippen LogP contribution is -2.34. The molecule has 1 heterocycles. The van der Waals surface area contributed by atoms with Crippen LogP contribution in [0.1, 0.15) is 24.0 Å². The van der Waals surface area contributed by atoms with Gasteiger partial charge in [0.25, 0.3) is 0 Å². The molecule has 0 spiro atoms. The van der Waals surface area contributed by atoms with Crippen LogP contribution in [0, 0.1) is 13.8 Å². The minimum atomic E-state index is -0.739. The summed E-state index contributed by atoms with van der Waals surface area (Å²) in [6.07, 6.45) is 1.27. The van der Waals surface area contributed by atoms with E-state index in [4.69, 9.17) is 5.11 Å². The Balaban J connectivity index is 1.89. The number of hydrogen-bond acceptors (Lipinski definition) is 3. The molecule has 1 fully saturated rings. The number of carboxylic acids is 1. The van der Waals surface area contributed by atoms with Gasteiger partial charge in [0, 0.05) is 31.4 Å². The van der Waals surface area contributed by atoms with Gasteiger partial charge in [-0.05, 0) is 31.9 Å². The van der Waals surface area contributed by atoms with Crippen molar-refractivity contribution in [3.63, 3.8) is 0 Å². The van der Waals surface area contributed by atoms with E-state index < -0.39 is 5.97 Å². The van der Waals surface area contributed by atoms with Gasteiger partial charge in [-0.3, -0.25) is 4.79 Å². The lowest BCUT2D eigenvalue weighted by molar-refractivity contribution is -0.136. The first kappa shape index (κ1) is 13.9. The molecule has 0 radical (unpaired) electrons. The monoisotopic (exact) mass is 262 g/mol. The Kier molecular flexibility index (Phi) is 4.43. The molecular weight excluding hydrogens is 240 g/mol. The molecule has 1 aromatic carbocycles. The van der Waals surface area contributed by atoms with Gasteiger partial charge in [0.1, 0.15) is 0 Å². The Labute approximate surface area is 114 Å². The molecule has 1 aliphatic heterocycles. The first-order valence-electron chi connectivity index (χ1n) is 6.83. The maximum absolute atomic E-state index is 10.5. The van der Waals surface area contributed by atoms with E-state index in [0.717, 1.165) is 19.5 Å². The number of benzene rings is 1. The Morgan fingerprint density at radius 2 is 2.26 bits per heavy atom. The van der Waals surface area contributed by atoms with Crippen LogP contribution < -0.4 is 10.2 Å². The first-order valence-corrected chi connectivity index (χ1v) is 6.83. The van der Waals surface area contributed by atoms with E-state index in [1.165, 1.54) is 16.8 Å². The van der Waals surface area contributed by atoms with Crippen LogP contribution in [0.15, 0.2) is 18.2 Å². The standard InChI is InChI=1S/C15H22N2O2/c1-11-3-4-14(12(2)9-11)17-8-6-13(10-17)16-7-5-15(18)19/h3-4,9,13,16H,5-8,10H2,1-2H3,(H,18,19). The Morgan fingerprint density at radius 1 is 1.47 bits per heavy atom. The molecule has 1 atom stereocenters. The first-order chi connectivity index (χ1) is 9.06. The highest BCUT2D eigenvalue weighted by molar-refractivity contribution is 5.66. The minimum absolute atomic E-state index is 0.195. The minimum Gasteiger partial charge on any atom is -0.481 e. The highest BCUT2D eigenvalue weighted by Crippen LogP contribution is 2.25. The van der Waals surface area contributed by atoms with E-state index in [1.807, 2.05) is 0 Å². The highest BCUT2D eigenvalue weighted by atomic mass is 16.4. The molecule has 2 N–H and O–H groups in total. The van der Waals surface area contributed by atoms with Gasteiger partial charge < -0.3 is 15.3 Å². The molecule has 1 aromatic rings. The Morgan fingerprint density at radius 3 is 2.95 bits per heavy atom. The topological polar surface area (TPSA) is 52.6 Å². The molecule has 0 amide bonds. The molecule has 0 aliphatic carbocycles. The van der Waals surface area contributed by atoms with E-state index in [0.29, 0.717) is 12.6 Å². The summed E-state index contributed by atoms with van der Waals surface area (Å²) in [5.41, 5.74) is 3.90. The van der Waals surface area contributed by atoms with Crippen LogP contribution >= 0.6 is 0 Å². The predicted octanol–water partition coefficient (Wildman–Crippen LogP) is 1.95. The molecule has 0 aromatic heterocycles. The van der Waals surface area contributed by atoms with E-state index >= 15 is 0 Å². The molecule has 4 heteroatoms. The molecule has 104 valence electrons. The number of nitrogens with one attached hydrogen (secondary N) is 1. The second-order valence-electron chi connectivity index (χ2n) is 5.32. The third-order valence-electron chi connectivity index (χ3n) is 3.65. The third kappa shape index (κ3) is 3.70. The summed E-state index contributed by atoms with van der Waals surface area (Å²) in [7, 11) is 0. The predicted molar refractivity (Wildman–Crippen MR) is 76.8 cm³/mol. The molecular formula is C15H22N2O2. The number of aliphatic carboxylic acids is 1. The summed E-state index contributed by atoms with van der Waals surface area (Å²) in [6, 6.07) is 6.94. The van der Waals surface area contributed by atoms with Crippen molar-refractivity contribution in [1.82, 2.24) is 5.32 Å². The summed E-state index contributed by atoms with van der Waals surface area (Å²) in [5, 5.41) is 12.0. The van der Waals surface area contributed by atoms with Crippen LogP contribution in [-0.4, -0.2) is 36.8 Å². The number of carbonyl (C=O) groups is 1. The molecule has 0 saturated carbocycles. The second-order valence-corrected chi connectivity index (χ2v) is 5.32. The summed E-state index contributed by atoms with van der Waals surface area (Å²) < 4.78 is 0. The normalized spacial score (nSPS) is 18.8. The summed E-state index contributed by atoms with van der Waals surface area (Å²) in [6.45, 7) is 6.81. The van der Waals surface area contributed by atoms with Gasteiger partial charge in [-0.2, -0.15) is 0 Å². The van der Waals surface area contributed by atoms with Crippen LogP contribution in [-0.2, 0) is 4.79 Å². The molecule has 1 aliphatic rings. The second kappa shape index (κ2) is 6.06. The van der Waals surface area contributed by atoms with Crippen LogP contribution in [0.5, 0.6) is 0 Å². The van der Waals surface area contributed by atoms with E-state index in [2.05, 4.69) is 42.3 Å². The molecule has 0 bridgehead atoms. The van der Waals surface area contributed by atoms with Crippen LogP contribution in [0.4, 0.5) is 5.69 Å². The number of hydrogen-bond donors (Lipinski definition) is 2. The van der Waals surface area contributed by atoms with E-state index in [1.54, 1.807) is 0 Å². The van der Waals surface area contributed by atoms with Crippen LogP contribution in [0.2, 0.25) is 0 Å². The average Bonchev–Trinajstić information content (AvgIpc) is 2.77. The van der Waals surface area contributed by atoms with Gasteiger partial charge >= 0.3 is 5.97 Å². The van der Waals surface area contributed by atoms with Crippen molar-refractivity contribution in [1.29, 1.82) is 0 Å². The highest BCUT2D eigenvalue weighted by Gasteiger charge is 2.23. The number of aryl methyl sites for hydroxylation is 2. The molecule has 1 unspecified atom stereocenters. The van der Waals surface area contributed by atoms with Gasteiger partial charge in [0.2, 0.25) is 0 Å². The van der Waals surface area contributed by atoms with Gasteiger partial charge in [-0.25, -0.2) is 0 Å². The molecule has 4 nitrogen and oxygen atoms in total. The van der Waals surface area contributed by atoms with Gasteiger partial charge in [-0.15, -0.1) is 0 Å². The summed E-state index contributed by atoms with van der Waals surface area (Å²) in [4.78, 5) is 12.9. The van der Waals surface area contributed by atoms with Crippen LogP contribution in [0.3, 0.4) is 0 Å². The largest absolute Gasteiger partial charge is 0.481 e. The zero-order valence-corrected chi connectivity index (χ0v) is 11.6. The fourth-order valence-electron chi connectivity index (χ4n) is 2.69.